The number of rotatable bonds is 3. The predicted octanol–water partition coefficient (Wildman–Crippen LogP) is 3.27. The summed E-state index contributed by atoms with van der Waals surface area (Å²) in [6.45, 7) is 0. The van der Waals surface area contributed by atoms with Crippen molar-refractivity contribution in [3.63, 3.8) is 0 Å². The van der Waals surface area contributed by atoms with Gasteiger partial charge in [-0.25, -0.2) is 22.4 Å². The van der Waals surface area contributed by atoms with Crippen molar-refractivity contribution < 1.29 is 27.5 Å². The SMILES string of the molecule is Nc1cc(C(=O)O)c(F)cc1Nc1cc(F)c(F)cc1F. The molecule has 110 valence electrons. The Kier molecular flexibility index (Phi) is 3.70. The van der Waals surface area contributed by atoms with E-state index in [9.17, 15) is 22.4 Å². The summed E-state index contributed by atoms with van der Waals surface area (Å²) in [6.07, 6.45) is 0. The van der Waals surface area contributed by atoms with E-state index in [2.05, 4.69) is 5.32 Å². The lowest BCUT2D eigenvalue weighted by molar-refractivity contribution is 0.0692. The van der Waals surface area contributed by atoms with Crippen molar-refractivity contribution >= 4 is 23.0 Å². The molecule has 0 spiro atoms. The van der Waals surface area contributed by atoms with E-state index >= 15 is 0 Å². The number of halogens is 4. The molecule has 2 aromatic carbocycles. The normalized spacial score (nSPS) is 10.5. The molecule has 4 nitrogen and oxygen atoms in total. The summed E-state index contributed by atoms with van der Waals surface area (Å²) >= 11 is 0. The van der Waals surface area contributed by atoms with Crippen LogP contribution in [0.25, 0.3) is 0 Å². The minimum absolute atomic E-state index is 0.178. The zero-order valence-electron chi connectivity index (χ0n) is 10.3. The average Bonchev–Trinajstić information content (AvgIpc) is 2.39. The number of anilines is 3. The van der Waals surface area contributed by atoms with Crippen molar-refractivity contribution in [3.05, 3.63) is 53.1 Å². The van der Waals surface area contributed by atoms with Gasteiger partial charge in [0.25, 0.3) is 0 Å². The van der Waals surface area contributed by atoms with E-state index in [-0.39, 0.29) is 11.4 Å². The van der Waals surface area contributed by atoms with Crippen molar-refractivity contribution in [1.82, 2.24) is 0 Å². The maximum absolute atomic E-state index is 13.5. The Labute approximate surface area is 115 Å². The first-order chi connectivity index (χ1) is 9.79. The second kappa shape index (κ2) is 5.31. The Morgan fingerprint density at radius 1 is 0.905 bits per heavy atom. The lowest BCUT2D eigenvalue weighted by atomic mass is 10.1. The molecular weight excluding hydrogens is 292 g/mol. The fourth-order valence-corrected chi connectivity index (χ4v) is 1.63. The number of carboxylic acid groups (broad SMARTS) is 1. The third kappa shape index (κ3) is 2.88. The predicted molar refractivity (Wildman–Crippen MR) is 67.4 cm³/mol. The Morgan fingerprint density at radius 2 is 1.48 bits per heavy atom. The highest BCUT2D eigenvalue weighted by molar-refractivity contribution is 5.91. The van der Waals surface area contributed by atoms with Crippen molar-refractivity contribution in [2.75, 3.05) is 11.1 Å². The molecule has 0 aliphatic carbocycles. The molecule has 4 N–H and O–H groups in total. The van der Waals surface area contributed by atoms with Crippen LogP contribution in [0.2, 0.25) is 0 Å². The fourth-order valence-electron chi connectivity index (χ4n) is 1.63. The number of nitrogen functional groups attached to an aromatic ring is 1. The number of aromatic carboxylic acids is 1. The van der Waals surface area contributed by atoms with E-state index in [1.807, 2.05) is 0 Å². The molecule has 0 saturated heterocycles. The van der Waals surface area contributed by atoms with Crippen LogP contribution in [0.1, 0.15) is 10.4 Å². The van der Waals surface area contributed by atoms with Crippen LogP contribution in [0.4, 0.5) is 34.6 Å². The van der Waals surface area contributed by atoms with Gasteiger partial charge >= 0.3 is 5.97 Å². The third-order valence-electron chi connectivity index (χ3n) is 2.65. The highest BCUT2D eigenvalue weighted by Crippen LogP contribution is 2.28. The number of benzene rings is 2. The second-order valence-electron chi connectivity index (χ2n) is 4.10. The standard InChI is InChI=1S/C13H8F4N2O2/c14-6-3-12(10(18)1-5(6)13(20)21)19-11-4-8(16)7(15)2-9(11)17/h1-4,19H,18H2,(H,20,21). The Hall–Kier alpha value is -2.77. The number of carboxylic acids is 1. The first-order valence-corrected chi connectivity index (χ1v) is 5.53. The van der Waals surface area contributed by atoms with Gasteiger partial charge in [-0.1, -0.05) is 0 Å². The zero-order chi connectivity index (χ0) is 15.7. The third-order valence-corrected chi connectivity index (χ3v) is 2.65. The molecule has 0 atom stereocenters. The molecule has 0 aliphatic rings. The number of hydrogen-bond donors (Lipinski definition) is 3. The molecule has 2 aromatic rings. The van der Waals surface area contributed by atoms with Crippen molar-refractivity contribution in [3.8, 4) is 0 Å². The van der Waals surface area contributed by atoms with Crippen molar-refractivity contribution in [2.24, 2.45) is 0 Å². The largest absolute Gasteiger partial charge is 0.478 e. The van der Waals surface area contributed by atoms with E-state index in [0.29, 0.717) is 12.1 Å². The van der Waals surface area contributed by atoms with Crippen LogP contribution in [0.3, 0.4) is 0 Å². The Morgan fingerprint density at radius 3 is 2.10 bits per heavy atom. The highest BCUT2D eigenvalue weighted by atomic mass is 19.2. The van der Waals surface area contributed by atoms with Crippen LogP contribution in [-0.2, 0) is 0 Å². The maximum Gasteiger partial charge on any atom is 0.338 e. The molecule has 21 heavy (non-hydrogen) atoms. The van der Waals surface area contributed by atoms with Gasteiger partial charge in [-0.3, -0.25) is 0 Å². The lowest BCUT2D eigenvalue weighted by Gasteiger charge is -2.12. The summed E-state index contributed by atoms with van der Waals surface area (Å²) in [7, 11) is 0. The second-order valence-corrected chi connectivity index (χ2v) is 4.10. The van der Waals surface area contributed by atoms with Gasteiger partial charge in [0.1, 0.15) is 11.6 Å². The van der Waals surface area contributed by atoms with Crippen LogP contribution in [-0.4, -0.2) is 11.1 Å². The molecule has 0 amide bonds. The minimum atomic E-state index is -1.52. The van der Waals surface area contributed by atoms with Crippen molar-refractivity contribution in [1.29, 1.82) is 0 Å². The molecule has 0 saturated carbocycles. The summed E-state index contributed by atoms with van der Waals surface area (Å²) in [6, 6.07) is 2.40. The number of carbonyl (C=O) groups is 1. The summed E-state index contributed by atoms with van der Waals surface area (Å²) in [5, 5.41) is 11.0. The highest BCUT2D eigenvalue weighted by Gasteiger charge is 2.16. The summed E-state index contributed by atoms with van der Waals surface area (Å²) in [5.74, 6) is -6.43. The Bertz CT molecular complexity index is 735. The van der Waals surface area contributed by atoms with Crippen LogP contribution in [0, 0.1) is 23.3 Å². The van der Waals surface area contributed by atoms with E-state index in [4.69, 9.17) is 10.8 Å². The molecular formula is C13H8F4N2O2. The molecule has 0 aromatic heterocycles. The van der Waals surface area contributed by atoms with Crippen LogP contribution < -0.4 is 11.1 Å². The van der Waals surface area contributed by atoms with E-state index in [1.165, 1.54) is 0 Å². The molecule has 0 unspecified atom stereocenters. The monoisotopic (exact) mass is 300 g/mol. The molecule has 0 aliphatic heterocycles. The minimum Gasteiger partial charge on any atom is -0.478 e. The van der Waals surface area contributed by atoms with Crippen LogP contribution >= 0.6 is 0 Å². The number of hydrogen-bond acceptors (Lipinski definition) is 3. The maximum atomic E-state index is 13.5. The van der Waals surface area contributed by atoms with Gasteiger partial charge in [0.15, 0.2) is 11.6 Å². The Balaban J connectivity index is 2.43. The molecule has 0 heterocycles. The summed E-state index contributed by atoms with van der Waals surface area (Å²) < 4.78 is 52.8. The van der Waals surface area contributed by atoms with Crippen molar-refractivity contribution in [2.45, 2.75) is 0 Å². The van der Waals surface area contributed by atoms with Gasteiger partial charge < -0.3 is 16.2 Å². The van der Waals surface area contributed by atoms with Gasteiger partial charge in [0, 0.05) is 18.2 Å². The van der Waals surface area contributed by atoms with Gasteiger partial charge in [-0.15, -0.1) is 0 Å². The number of nitrogens with two attached hydrogens (primary N) is 1. The quantitative estimate of drug-likeness (QED) is 0.462. The van der Waals surface area contributed by atoms with Gasteiger partial charge in [0.2, 0.25) is 0 Å². The summed E-state index contributed by atoms with van der Waals surface area (Å²) in [4.78, 5) is 10.7. The first-order valence-electron chi connectivity index (χ1n) is 5.53. The first kappa shape index (κ1) is 14.6. The van der Waals surface area contributed by atoms with Crippen LogP contribution in [0.5, 0.6) is 0 Å². The smallest absolute Gasteiger partial charge is 0.338 e. The fraction of sp³-hybridized carbons (Fsp3) is 0. The van der Waals surface area contributed by atoms with E-state index < -0.39 is 40.5 Å². The molecule has 0 bridgehead atoms. The molecule has 2 rings (SSSR count). The van der Waals surface area contributed by atoms with E-state index in [0.717, 1.165) is 12.1 Å². The zero-order valence-corrected chi connectivity index (χ0v) is 10.3. The topological polar surface area (TPSA) is 75.4 Å². The van der Waals surface area contributed by atoms with Gasteiger partial charge in [-0.05, 0) is 6.07 Å². The summed E-state index contributed by atoms with van der Waals surface area (Å²) in [5.41, 5.74) is 4.00. The average molecular weight is 300 g/mol. The molecule has 8 heteroatoms. The van der Waals surface area contributed by atoms with Crippen LogP contribution in [0.15, 0.2) is 24.3 Å². The van der Waals surface area contributed by atoms with Gasteiger partial charge in [0.05, 0.1) is 22.6 Å². The molecule has 0 radical (unpaired) electrons. The van der Waals surface area contributed by atoms with E-state index in [1.54, 1.807) is 0 Å². The lowest BCUT2D eigenvalue weighted by Crippen LogP contribution is -2.06. The molecule has 0 fully saturated rings. The number of nitrogens with one attached hydrogen (secondary N) is 1. The van der Waals surface area contributed by atoms with Gasteiger partial charge in [-0.2, -0.15) is 0 Å².